The Morgan fingerprint density at radius 1 is 0.870 bits per heavy atom. The summed E-state index contributed by atoms with van der Waals surface area (Å²) in [6, 6.07) is -1.13. The van der Waals surface area contributed by atoms with Crippen LogP contribution >= 0.6 is 0 Å². The number of ether oxygens (including phenoxy) is 3. The normalized spacial score (nSPS) is 32.8. The Hall–Kier alpha value is -2.16. The van der Waals surface area contributed by atoms with E-state index in [0.29, 0.717) is 0 Å². The molecule has 0 radical (unpaired) electrons. The Bertz CT molecular complexity index is 471. The standard InChI is InChI=1S/C14H21NO8/c1-6(16)15-12-10(21-7(2)17)11(22-8(3)18)13(14(12,5)20)23-9(4)19/h10-13,20H,1-5H3,(H,15,16)/t10-,11-,12-,13+,14-/m0/s1. The van der Waals surface area contributed by atoms with E-state index in [1.165, 1.54) is 13.8 Å². The average Bonchev–Trinajstić information content (AvgIpc) is 2.51. The Morgan fingerprint density at radius 3 is 1.70 bits per heavy atom. The zero-order valence-corrected chi connectivity index (χ0v) is 13.6. The predicted octanol–water partition coefficient (Wildman–Crippen LogP) is -0.949. The van der Waals surface area contributed by atoms with Gasteiger partial charge in [-0.15, -0.1) is 0 Å². The molecule has 0 unspecified atom stereocenters. The summed E-state index contributed by atoms with van der Waals surface area (Å²) in [4.78, 5) is 45.4. The van der Waals surface area contributed by atoms with Gasteiger partial charge in [-0.3, -0.25) is 19.2 Å². The molecule has 1 rings (SSSR count). The highest BCUT2D eigenvalue weighted by molar-refractivity contribution is 5.74. The Morgan fingerprint density at radius 2 is 1.30 bits per heavy atom. The molecule has 0 saturated heterocycles. The number of hydrogen-bond donors (Lipinski definition) is 2. The fourth-order valence-electron chi connectivity index (χ4n) is 2.66. The van der Waals surface area contributed by atoms with Gasteiger partial charge in [0.05, 0.1) is 0 Å². The number of hydrogen-bond acceptors (Lipinski definition) is 8. The quantitative estimate of drug-likeness (QED) is 0.498. The second kappa shape index (κ2) is 6.95. The van der Waals surface area contributed by atoms with Crippen LogP contribution in [0.4, 0.5) is 0 Å². The first kappa shape index (κ1) is 18.9. The lowest BCUT2D eigenvalue weighted by molar-refractivity contribution is -0.181. The SMILES string of the molecule is CC(=O)N[C@H]1[C@@H](OC(C)=O)[C@H](OC(C)=O)[C@@H](OC(C)=O)[C@@]1(C)O. The minimum atomic E-state index is -1.82. The van der Waals surface area contributed by atoms with E-state index in [-0.39, 0.29) is 0 Å². The molecule has 9 nitrogen and oxygen atoms in total. The summed E-state index contributed by atoms with van der Waals surface area (Å²) in [6.45, 7) is 5.87. The van der Waals surface area contributed by atoms with Crippen molar-refractivity contribution in [3.8, 4) is 0 Å². The molecule has 0 heterocycles. The smallest absolute Gasteiger partial charge is 0.303 e. The number of carbonyl (C=O) groups is 4. The number of esters is 3. The molecule has 5 atom stereocenters. The van der Waals surface area contributed by atoms with Gasteiger partial charge in [0.15, 0.2) is 18.3 Å². The van der Waals surface area contributed by atoms with E-state index in [2.05, 4.69) is 5.32 Å². The lowest BCUT2D eigenvalue weighted by Gasteiger charge is -2.31. The highest BCUT2D eigenvalue weighted by Gasteiger charge is 2.63. The van der Waals surface area contributed by atoms with E-state index in [0.717, 1.165) is 20.8 Å². The molecule has 2 N–H and O–H groups in total. The molecule has 0 aromatic heterocycles. The Kier molecular flexibility index (Phi) is 5.70. The van der Waals surface area contributed by atoms with Gasteiger partial charge in [0.1, 0.15) is 11.6 Å². The summed E-state index contributed by atoms with van der Waals surface area (Å²) in [5.74, 6) is -2.65. The van der Waals surface area contributed by atoms with Gasteiger partial charge in [-0.2, -0.15) is 0 Å². The largest absolute Gasteiger partial charge is 0.456 e. The molecule has 1 aliphatic carbocycles. The second-order valence-corrected chi connectivity index (χ2v) is 5.58. The number of amides is 1. The molecule has 0 aromatic rings. The van der Waals surface area contributed by atoms with Gasteiger partial charge in [0, 0.05) is 27.7 Å². The highest BCUT2D eigenvalue weighted by atomic mass is 16.6. The molecule has 0 aliphatic heterocycles. The van der Waals surface area contributed by atoms with Crippen molar-refractivity contribution in [2.45, 2.75) is 64.6 Å². The third-order valence-electron chi connectivity index (χ3n) is 3.41. The van der Waals surface area contributed by atoms with Gasteiger partial charge in [-0.05, 0) is 6.92 Å². The monoisotopic (exact) mass is 331 g/mol. The minimum Gasteiger partial charge on any atom is -0.456 e. The molecule has 1 fully saturated rings. The maximum absolute atomic E-state index is 11.4. The van der Waals surface area contributed by atoms with Crippen molar-refractivity contribution in [1.29, 1.82) is 0 Å². The van der Waals surface area contributed by atoms with Gasteiger partial charge in [0.25, 0.3) is 0 Å². The third-order valence-corrected chi connectivity index (χ3v) is 3.41. The lowest BCUT2D eigenvalue weighted by atomic mass is 9.97. The minimum absolute atomic E-state index is 0.502. The maximum atomic E-state index is 11.4. The van der Waals surface area contributed by atoms with Crippen LogP contribution in [0.5, 0.6) is 0 Å². The Labute approximate surface area is 133 Å². The molecule has 0 bridgehead atoms. The van der Waals surface area contributed by atoms with Crippen molar-refractivity contribution in [1.82, 2.24) is 5.32 Å². The van der Waals surface area contributed by atoms with Crippen LogP contribution in [0.25, 0.3) is 0 Å². The van der Waals surface area contributed by atoms with E-state index < -0.39 is 53.8 Å². The van der Waals surface area contributed by atoms with Crippen LogP contribution in [0.1, 0.15) is 34.6 Å². The highest BCUT2D eigenvalue weighted by Crippen LogP contribution is 2.37. The molecule has 1 aliphatic rings. The third kappa shape index (κ3) is 4.41. The molecule has 1 amide bonds. The van der Waals surface area contributed by atoms with Crippen LogP contribution in [-0.4, -0.2) is 58.9 Å². The number of rotatable bonds is 4. The van der Waals surface area contributed by atoms with Gasteiger partial charge < -0.3 is 24.6 Å². The van der Waals surface area contributed by atoms with Gasteiger partial charge in [0.2, 0.25) is 5.91 Å². The van der Waals surface area contributed by atoms with Crippen LogP contribution in [0, 0.1) is 0 Å². The van der Waals surface area contributed by atoms with E-state index in [1.54, 1.807) is 0 Å². The van der Waals surface area contributed by atoms with E-state index >= 15 is 0 Å². The molecule has 1 saturated carbocycles. The van der Waals surface area contributed by atoms with Crippen molar-refractivity contribution in [3.63, 3.8) is 0 Å². The van der Waals surface area contributed by atoms with E-state index in [9.17, 15) is 24.3 Å². The van der Waals surface area contributed by atoms with Crippen LogP contribution in [0.3, 0.4) is 0 Å². The summed E-state index contributed by atoms with van der Waals surface area (Å²) in [7, 11) is 0. The van der Waals surface area contributed by atoms with E-state index in [1.807, 2.05) is 0 Å². The summed E-state index contributed by atoms with van der Waals surface area (Å²) < 4.78 is 15.2. The lowest BCUT2D eigenvalue weighted by Crippen LogP contribution is -2.55. The van der Waals surface area contributed by atoms with Crippen molar-refractivity contribution in [2.24, 2.45) is 0 Å². The van der Waals surface area contributed by atoms with Crippen molar-refractivity contribution >= 4 is 23.8 Å². The van der Waals surface area contributed by atoms with Crippen molar-refractivity contribution < 1.29 is 38.5 Å². The van der Waals surface area contributed by atoms with Crippen LogP contribution in [-0.2, 0) is 33.4 Å². The van der Waals surface area contributed by atoms with Crippen molar-refractivity contribution in [2.75, 3.05) is 0 Å². The fourth-order valence-corrected chi connectivity index (χ4v) is 2.66. The van der Waals surface area contributed by atoms with Gasteiger partial charge in [-0.1, -0.05) is 0 Å². The van der Waals surface area contributed by atoms with Gasteiger partial charge in [-0.25, -0.2) is 0 Å². The second-order valence-electron chi connectivity index (χ2n) is 5.58. The summed E-state index contributed by atoms with van der Waals surface area (Å²) in [6.07, 6.45) is -3.78. The van der Waals surface area contributed by atoms with Crippen LogP contribution < -0.4 is 5.32 Å². The van der Waals surface area contributed by atoms with Crippen LogP contribution in [0.2, 0.25) is 0 Å². The molecule has 0 aromatic carbocycles. The summed E-state index contributed by atoms with van der Waals surface area (Å²) in [5, 5.41) is 13.1. The number of aliphatic hydroxyl groups is 1. The molecular weight excluding hydrogens is 310 g/mol. The predicted molar refractivity (Wildman–Crippen MR) is 74.9 cm³/mol. The average molecular weight is 331 g/mol. The molecule has 9 heteroatoms. The molecule has 130 valence electrons. The first-order valence-corrected chi connectivity index (χ1v) is 6.98. The van der Waals surface area contributed by atoms with Crippen LogP contribution in [0.15, 0.2) is 0 Å². The first-order valence-electron chi connectivity index (χ1n) is 6.98. The number of carbonyl (C=O) groups excluding carboxylic acids is 4. The molecular formula is C14H21NO8. The van der Waals surface area contributed by atoms with Crippen molar-refractivity contribution in [3.05, 3.63) is 0 Å². The summed E-state index contributed by atoms with van der Waals surface area (Å²) in [5.41, 5.74) is -1.82. The topological polar surface area (TPSA) is 128 Å². The summed E-state index contributed by atoms with van der Waals surface area (Å²) >= 11 is 0. The zero-order chi connectivity index (χ0) is 17.9. The molecule has 23 heavy (non-hydrogen) atoms. The van der Waals surface area contributed by atoms with E-state index in [4.69, 9.17) is 14.2 Å². The van der Waals surface area contributed by atoms with Gasteiger partial charge >= 0.3 is 17.9 Å². The first-order chi connectivity index (χ1) is 10.5. The fraction of sp³-hybridized carbons (Fsp3) is 0.714. The maximum Gasteiger partial charge on any atom is 0.303 e. The molecule has 0 spiro atoms. The zero-order valence-electron chi connectivity index (χ0n) is 13.6. The number of nitrogens with one attached hydrogen (secondary N) is 1. The Balaban J connectivity index is 3.30.